The summed E-state index contributed by atoms with van der Waals surface area (Å²) in [6.07, 6.45) is 1.86. The number of hydrogen-bond acceptors (Lipinski definition) is 1. The molecule has 0 radical (unpaired) electrons. The Labute approximate surface area is 73.7 Å². The minimum atomic E-state index is 0.0757. The van der Waals surface area contributed by atoms with Gasteiger partial charge in [0.15, 0.2) is 0 Å². The van der Waals surface area contributed by atoms with Gasteiger partial charge in [0.05, 0.1) is 0 Å². The maximum atomic E-state index is 5.53. The van der Waals surface area contributed by atoms with Crippen molar-refractivity contribution in [3.63, 3.8) is 0 Å². The van der Waals surface area contributed by atoms with E-state index in [2.05, 4.69) is 6.58 Å². The van der Waals surface area contributed by atoms with Crippen LogP contribution in [0.1, 0.15) is 12.5 Å². The van der Waals surface area contributed by atoms with Gasteiger partial charge in [-0.1, -0.05) is 24.8 Å². The monoisotopic (exact) mass is 162 g/mol. The van der Waals surface area contributed by atoms with Crippen LogP contribution in [-0.2, 0) is 0 Å². The predicted octanol–water partition coefficient (Wildman–Crippen LogP) is 2.95. The van der Waals surface area contributed by atoms with E-state index in [1.807, 2.05) is 38.1 Å². The molecule has 0 saturated carbocycles. The van der Waals surface area contributed by atoms with Crippen molar-refractivity contribution in [2.45, 2.75) is 20.0 Å². The molecule has 0 aliphatic heterocycles. The minimum Gasteiger partial charge on any atom is -0.487 e. The van der Waals surface area contributed by atoms with E-state index in [1.54, 1.807) is 6.08 Å². The third-order valence-corrected chi connectivity index (χ3v) is 1.64. The molecule has 0 spiro atoms. The normalized spacial score (nSPS) is 12.2. The van der Waals surface area contributed by atoms with Crippen molar-refractivity contribution in [1.29, 1.82) is 0 Å². The zero-order chi connectivity index (χ0) is 8.97. The Balaban J connectivity index is 2.69. The lowest BCUT2D eigenvalue weighted by atomic mass is 10.2. The average molecular weight is 162 g/mol. The van der Waals surface area contributed by atoms with E-state index in [0.717, 1.165) is 5.75 Å². The molecule has 0 heterocycles. The van der Waals surface area contributed by atoms with Crippen LogP contribution in [0.4, 0.5) is 0 Å². The van der Waals surface area contributed by atoms with Gasteiger partial charge < -0.3 is 4.74 Å². The summed E-state index contributed by atoms with van der Waals surface area (Å²) in [7, 11) is 0. The minimum absolute atomic E-state index is 0.0757. The highest BCUT2D eigenvalue weighted by Crippen LogP contribution is 2.13. The Bertz CT molecular complexity index is 265. The van der Waals surface area contributed by atoms with Gasteiger partial charge in [-0.2, -0.15) is 0 Å². The van der Waals surface area contributed by atoms with Crippen LogP contribution in [0.2, 0.25) is 0 Å². The van der Waals surface area contributed by atoms with Gasteiger partial charge in [0.2, 0.25) is 0 Å². The van der Waals surface area contributed by atoms with Crippen LogP contribution in [0.15, 0.2) is 36.9 Å². The first kappa shape index (κ1) is 8.85. The van der Waals surface area contributed by atoms with E-state index >= 15 is 0 Å². The third kappa shape index (κ3) is 2.42. The van der Waals surface area contributed by atoms with Gasteiger partial charge in [0.25, 0.3) is 0 Å². The molecule has 1 nitrogen and oxygen atoms in total. The van der Waals surface area contributed by atoms with Crippen molar-refractivity contribution in [2.24, 2.45) is 0 Å². The standard InChI is InChI=1S/C11H14O/c1-4-10(3)12-11-7-5-6-9(2)8-11/h4-8,10H,1H2,2-3H3. The van der Waals surface area contributed by atoms with E-state index in [9.17, 15) is 0 Å². The molecule has 1 unspecified atom stereocenters. The smallest absolute Gasteiger partial charge is 0.120 e. The molecule has 0 bridgehead atoms. The Morgan fingerprint density at radius 3 is 2.83 bits per heavy atom. The van der Waals surface area contributed by atoms with Gasteiger partial charge in [-0.3, -0.25) is 0 Å². The highest BCUT2D eigenvalue weighted by molar-refractivity contribution is 5.27. The quantitative estimate of drug-likeness (QED) is 0.621. The van der Waals surface area contributed by atoms with Crippen LogP contribution in [-0.4, -0.2) is 6.10 Å². The molecule has 64 valence electrons. The van der Waals surface area contributed by atoms with Gasteiger partial charge in [-0.05, 0) is 31.5 Å². The second-order valence-corrected chi connectivity index (χ2v) is 2.88. The van der Waals surface area contributed by atoms with Crippen molar-refractivity contribution in [2.75, 3.05) is 0 Å². The van der Waals surface area contributed by atoms with Crippen molar-refractivity contribution in [1.82, 2.24) is 0 Å². The van der Waals surface area contributed by atoms with E-state index in [-0.39, 0.29) is 6.10 Å². The summed E-state index contributed by atoms with van der Waals surface area (Å²) < 4.78 is 5.53. The lowest BCUT2D eigenvalue weighted by Crippen LogP contribution is -2.06. The van der Waals surface area contributed by atoms with Crippen LogP contribution >= 0.6 is 0 Å². The predicted molar refractivity (Wildman–Crippen MR) is 51.5 cm³/mol. The maximum absolute atomic E-state index is 5.53. The fourth-order valence-corrected chi connectivity index (χ4v) is 0.951. The molecule has 12 heavy (non-hydrogen) atoms. The van der Waals surface area contributed by atoms with Gasteiger partial charge in [-0.15, -0.1) is 0 Å². The molecule has 1 aromatic carbocycles. The van der Waals surface area contributed by atoms with E-state index in [1.165, 1.54) is 5.56 Å². The topological polar surface area (TPSA) is 9.23 Å². The molecule has 1 heteroatoms. The summed E-state index contributed by atoms with van der Waals surface area (Å²) in [5, 5.41) is 0. The molecular weight excluding hydrogens is 148 g/mol. The van der Waals surface area contributed by atoms with Crippen molar-refractivity contribution in [3.05, 3.63) is 42.5 Å². The number of aryl methyl sites for hydroxylation is 1. The number of benzene rings is 1. The SMILES string of the molecule is C=CC(C)Oc1cccc(C)c1. The van der Waals surface area contributed by atoms with E-state index < -0.39 is 0 Å². The van der Waals surface area contributed by atoms with Crippen LogP contribution in [0.5, 0.6) is 5.75 Å². The zero-order valence-corrected chi connectivity index (χ0v) is 7.58. The van der Waals surface area contributed by atoms with Crippen LogP contribution in [0, 0.1) is 6.92 Å². The Morgan fingerprint density at radius 2 is 2.25 bits per heavy atom. The molecule has 1 atom stereocenters. The summed E-state index contributed by atoms with van der Waals surface area (Å²) in [5.41, 5.74) is 1.21. The molecule has 0 aliphatic rings. The molecular formula is C11H14O. The van der Waals surface area contributed by atoms with Crippen molar-refractivity contribution >= 4 is 0 Å². The lowest BCUT2D eigenvalue weighted by molar-refractivity contribution is 0.270. The molecule has 1 rings (SSSR count). The van der Waals surface area contributed by atoms with Crippen molar-refractivity contribution < 1.29 is 4.74 Å². The van der Waals surface area contributed by atoms with Crippen molar-refractivity contribution in [3.8, 4) is 5.75 Å². The molecule has 0 aliphatic carbocycles. The largest absolute Gasteiger partial charge is 0.487 e. The first-order chi connectivity index (χ1) is 5.72. The molecule has 0 aromatic heterocycles. The number of hydrogen-bond donors (Lipinski definition) is 0. The second-order valence-electron chi connectivity index (χ2n) is 2.88. The Kier molecular flexibility index (Phi) is 2.92. The van der Waals surface area contributed by atoms with Gasteiger partial charge in [-0.25, -0.2) is 0 Å². The van der Waals surface area contributed by atoms with Crippen LogP contribution < -0.4 is 4.74 Å². The highest BCUT2D eigenvalue weighted by Gasteiger charge is 1.97. The van der Waals surface area contributed by atoms with Gasteiger partial charge in [0.1, 0.15) is 11.9 Å². The molecule has 1 aromatic rings. The summed E-state index contributed by atoms with van der Waals surface area (Å²) >= 11 is 0. The fraction of sp³-hybridized carbons (Fsp3) is 0.273. The average Bonchev–Trinajstić information content (AvgIpc) is 2.04. The number of rotatable bonds is 3. The summed E-state index contributed by atoms with van der Waals surface area (Å²) in [6.45, 7) is 7.67. The molecule has 0 N–H and O–H groups in total. The molecule has 0 saturated heterocycles. The summed E-state index contributed by atoms with van der Waals surface area (Å²) in [4.78, 5) is 0. The van der Waals surface area contributed by atoms with Crippen LogP contribution in [0.3, 0.4) is 0 Å². The van der Waals surface area contributed by atoms with Gasteiger partial charge >= 0.3 is 0 Å². The first-order valence-corrected chi connectivity index (χ1v) is 4.08. The van der Waals surface area contributed by atoms with Crippen LogP contribution in [0.25, 0.3) is 0 Å². The Hall–Kier alpha value is -1.24. The summed E-state index contributed by atoms with van der Waals surface area (Å²) in [5.74, 6) is 0.905. The third-order valence-electron chi connectivity index (χ3n) is 1.64. The number of ether oxygens (including phenoxy) is 1. The first-order valence-electron chi connectivity index (χ1n) is 4.08. The second kappa shape index (κ2) is 3.96. The van der Waals surface area contributed by atoms with E-state index in [0.29, 0.717) is 0 Å². The molecule has 0 fully saturated rings. The lowest BCUT2D eigenvalue weighted by Gasteiger charge is -2.10. The Morgan fingerprint density at radius 1 is 1.50 bits per heavy atom. The van der Waals surface area contributed by atoms with E-state index in [4.69, 9.17) is 4.74 Å². The summed E-state index contributed by atoms with van der Waals surface area (Å²) in [6, 6.07) is 8.00. The fourth-order valence-electron chi connectivity index (χ4n) is 0.951. The zero-order valence-electron chi connectivity index (χ0n) is 7.58. The maximum Gasteiger partial charge on any atom is 0.120 e. The molecule has 0 amide bonds. The van der Waals surface area contributed by atoms with Gasteiger partial charge in [0, 0.05) is 0 Å². The highest BCUT2D eigenvalue weighted by atomic mass is 16.5.